The Hall–Kier alpha value is -2.83. The standard InChI is InChI=1S/C18H21F2N3O2/c1-21-18(22-11-13-6-4-3-5-7-13)23-12-14-8-9-15(24-2)16(10-14)25-17(19)20/h3-10,17H,11-12H2,1-2H3,(H2,21,22,23). The number of nitrogens with one attached hydrogen (secondary N) is 2. The highest BCUT2D eigenvalue weighted by Crippen LogP contribution is 2.29. The van der Waals surface area contributed by atoms with Gasteiger partial charge in [0.1, 0.15) is 0 Å². The van der Waals surface area contributed by atoms with Crippen molar-refractivity contribution < 1.29 is 18.3 Å². The van der Waals surface area contributed by atoms with Gasteiger partial charge in [-0.2, -0.15) is 8.78 Å². The van der Waals surface area contributed by atoms with Crippen molar-refractivity contribution in [1.82, 2.24) is 10.6 Å². The molecule has 2 N–H and O–H groups in total. The fourth-order valence-electron chi connectivity index (χ4n) is 2.21. The molecule has 0 fully saturated rings. The van der Waals surface area contributed by atoms with Crippen molar-refractivity contribution in [3.8, 4) is 11.5 Å². The van der Waals surface area contributed by atoms with Crippen molar-refractivity contribution in [2.75, 3.05) is 14.2 Å². The molecule has 0 spiro atoms. The highest BCUT2D eigenvalue weighted by molar-refractivity contribution is 5.79. The average Bonchev–Trinajstić information content (AvgIpc) is 2.62. The number of hydrogen-bond donors (Lipinski definition) is 2. The summed E-state index contributed by atoms with van der Waals surface area (Å²) in [6.45, 7) is -1.88. The zero-order valence-corrected chi connectivity index (χ0v) is 14.1. The number of guanidine groups is 1. The van der Waals surface area contributed by atoms with Gasteiger partial charge >= 0.3 is 6.61 Å². The van der Waals surface area contributed by atoms with E-state index in [1.807, 2.05) is 30.3 Å². The molecular weight excluding hydrogens is 328 g/mol. The molecule has 0 aliphatic rings. The van der Waals surface area contributed by atoms with Crippen LogP contribution in [0, 0.1) is 0 Å². The summed E-state index contributed by atoms with van der Waals surface area (Å²) in [5.74, 6) is 0.871. The first-order valence-electron chi connectivity index (χ1n) is 7.72. The molecule has 0 saturated heterocycles. The van der Waals surface area contributed by atoms with Gasteiger partial charge in [-0.15, -0.1) is 0 Å². The lowest BCUT2D eigenvalue weighted by Crippen LogP contribution is -2.36. The third-order valence-corrected chi connectivity index (χ3v) is 3.43. The minimum Gasteiger partial charge on any atom is -0.493 e. The van der Waals surface area contributed by atoms with Crippen LogP contribution in [0.15, 0.2) is 53.5 Å². The largest absolute Gasteiger partial charge is 0.493 e. The van der Waals surface area contributed by atoms with E-state index >= 15 is 0 Å². The molecule has 0 radical (unpaired) electrons. The molecule has 2 aromatic carbocycles. The first-order chi connectivity index (χ1) is 12.1. The minimum absolute atomic E-state index is 0.00373. The Morgan fingerprint density at radius 2 is 1.68 bits per heavy atom. The van der Waals surface area contributed by atoms with E-state index in [1.54, 1.807) is 19.2 Å². The molecule has 0 saturated carbocycles. The number of methoxy groups -OCH3 is 1. The highest BCUT2D eigenvalue weighted by Gasteiger charge is 2.11. The van der Waals surface area contributed by atoms with Gasteiger partial charge < -0.3 is 20.1 Å². The number of halogens is 2. The predicted molar refractivity (Wildman–Crippen MR) is 93.1 cm³/mol. The van der Waals surface area contributed by atoms with Crippen LogP contribution in [-0.2, 0) is 13.1 Å². The lowest BCUT2D eigenvalue weighted by Gasteiger charge is -2.14. The zero-order chi connectivity index (χ0) is 18.1. The van der Waals surface area contributed by atoms with E-state index < -0.39 is 6.61 Å². The molecule has 0 atom stereocenters. The SMILES string of the molecule is CN=C(NCc1ccccc1)NCc1ccc(OC)c(OC(F)F)c1. The Bertz CT molecular complexity index is 694. The first-order valence-corrected chi connectivity index (χ1v) is 7.72. The lowest BCUT2D eigenvalue weighted by atomic mass is 10.2. The molecule has 134 valence electrons. The lowest BCUT2D eigenvalue weighted by molar-refractivity contribution is -0.0512. The van der Waals surface area contributed by atoms with E-state index in [1.165, 1.54) is 13.2 Å². The molecule has 0 aromatic heterocycles. The van der Waals surface area contributed by atoms with Crippen LogP contribution in [0.4, 0.5) is 8.78 Å². The summed E-state index contributed by atoms with van der Waals surface area (Å²) in [5.41, 5.74) is 1.89. The molecule has 0 unspecified atom stereocenters. The van der Waals surface area contributed by atoms with E-state index in [0.717, 1.165) is 11.1 Å². The molecule has 25 heavy (non-hydrogen) atoms. The zero-order valence-electron chi connectivity index (χ0n) is 14.1. The number of ether oxygens (including phenoxy) is 2. The van der Waals surface area contributed by atoms with Crippen molar-refractivity contribution in [3.63, 3.8) is 0 Å². The second-order valence-electron chi connectivity index (χ2n) is 5.13. The van der Waals surface area contributed by atoms with Crippen molar-refractivity contribution in [1.29, 1.82) is 0 Å². The maximum Gasteiger partial charge on any atom is 0.387 e. The van der Waals surface area contributed by atoms with Crippen molar-refractivity contribution in [2.45, 2.75) is 19.7 Å². The molecule has 5 nitrogen and oxygen atoms in total. The molecule has 0 amide bonds. The van der Waals surface area contributed by atoms with E-state index in [2.05, 4.69) is 20.4 Å². The van der Waals surface area contributed by atoms with Gasteiger partial charge in [0, 0.05) is 20.1 Å². The van der Waals surface area contributed by atoms with Crippen LogP contribution in [0.1, 0.15) is 11.1 Å². The fourth-order valence-corrected chi connectivity index (χ4v) is 2.21. The number of rotatable bonds is 7. The topological polar surface area (TPSA) is 54.9 Å². The van der Waals surface area contributed by atoms with Gasteiger partial charge in [0.25, 0.3) is 0 Å². The summed E-state index contributed by atoms with van der Waals surface area (Å²) >= 11 is 0. The van der Waals surface area contributed by atoms with Gasteiger partial charge in [0.15, 0.2) is 17.5 Å². The number of hydrogen-bond acceptors (Lipinski definition) is 3. The quantitative estimate of drug-likeness (QED) is 0.596. The van der Waals surface area contributed by atoms with Gasteiger partial charge in [-0.1, -0.05) is 36.4 Å². The van der Waals surface area contributed by atoms with Crippen molar-refractivity contribution in [2.24, 2.45) is 4.99 Å². The van der Waals surface area contributed by atoms with Crippen LogP contribution in [0.3, 0.4) is 0 Å². The smallest absolute Gasteiger partial charge is 0.387 e. The van der Waals surface area contributed by atoms with Crippen LogP contribution in [-0.4, -0.2) is 26.7 Å². The van der Waals surface area contributed by atoms with Gasteiger partial charge in [0.05, 0.1) is 7.11 Å². The molecule has 7 heteroatoms. The highest BCUT2D eigenvalue weighted by atomic mass is 19.3. The molecule has 0 aliphatic carbocycles. The van der Waals surface area contributed by atoms with Crippen LogP contribution < -0.4 is 20.1 Å². The monoisotopic (exact) mass is 349 g/mol. The summed E-state index contributed by atoms with van der Waals surface area (Å²) in [6, 6.07) is 14.8. The van der Waals surface area contributed by atoms with E-state index in [0.29, 0.717) is 19.0 Å². The third kappa shape index (κ3) is 5.95. The van der Waals surface area contributed by atoms with Crippen molar-refractivity contribution >= 4 is 5.96 Å². The first kappa shape index (κ1) is 18.5. The normalized spacial score (nSPS) is 11.3. The molecule has 2 aromatic rings. The van der Waals surface area contributed by atoms with Gasteiger partial charge in [-0.3, -0.25) is 4.99 Å². The Morgan fingerprint density at radius 3 is 2.28 bits per heavy atom. The number of benzene rings is 2. The molecule has 0 aliphatic heterocycles. The summed E-state index contributed by atoms with van der Waals surface area (Å²) in [4.78, 5) is 4.14. The number of aliphatic imine (C=N–C) groups is 1. The van der Waals surface area contributed by atoms with Crippen molar-refractivity contribution in [3.05, 3.63) is 59.7 Å². The van der Waals surface area contributed by atoms with Crippen LogP contribution in [0.2, 0.25) is 0 Å². The van der Waals surface area contributed by atoms with E-state index in [-0.39, 0.29) is 11.5 Å². The fraction of sp³-hybridized carbons (Fsp3) is 0.278. The van der Waals surface area contributed by atoms with Gasteiger partial charge in [-0.05, 0) is 23.3 Å². The minimum atomic E-state index is -2.91. The van der Waals surface area contributed by atoms with Gasteiger partial charge in [0.2, 0.25) is 0 Å². The second-order valence-corrected chi connectivity index (χ2v) is 5.13. The van der Waals surface area contributed by atoms with Crippen LogP contribution in [0.5, 0.6) is 11.5 Å². The molecule has 2 rings (SSSR count). The Balaban J connectivity index is 1.94. The molecular formula is C18H21F2N3O2. The average molecular weight is 349 g/mol. The van der Waals surface area contributed by atoms with E-state index in [9.17, 15) is 8.78 Å². The maximum absolute atomic E-state index is 12.5. The molecule has 0 heterocycles. The predicted octanol–water partition coefficient (Wildman–Crippen LogP) is 3.16. The van der Waals surface area contributed by atoms with Crippen LogP contribution in [0.25, 0.3) is 0 Å². The van der Waals surface area contributed by atoms with Gasteiger partial charge in [-0.25, -0.2) is 0 Å². The summed E-state index contributed by atoms with van der Waals surface area (Å²) in [6.07, 6.45) is 0. The second kappa shape index (κ2) is 9.46. The summed E-state index contributed by atoms with van der Waals surface area (Å²) < 4.78 is 34.5. The Labute approximate surface area is 145 Å². The number of alkyl halides is 2. The maximum atomic E-state index is 12.5. The van der Waals surface area contributed by atoms with E-state index in [4.69, 9.17) is 4.74 Å². The summed E-state index contributed by atoms with van der Waals surface area (Å²) in [5, 5.41) is 6.32. The summed E-state index contributed by atoms with van der Waals surface area (Å²) in [7, 11) is 3.07. The van der Waals surface area contributed by atoms with Crippen LogP contribution >= 0.6 is 0 Å². The number of nitrogens with zero attached hydrogens (tertiary/aromatic N) is 1. The Morgan fingerprint density at radius 1 is 1.00 bits per heavy atom. The Kier molecular flexibility index (Phi) is 7.00. The molecule has 0 bridgehead atoms. The third-order valence-electron chi connectivity index (χ3n) is 3.43.